The molecule has 1 aromatic carbocycles. The van der Waals surface area contributed by atoms with Crippen molar-refractivity contribution >= 4 is 12.2 Å². The number of aromatic amines is 1. The van der Waals surface area contributed by atoms with Crippen LogP contribution in [0.4, 0.5) is 0 Å². The summed E-state index contributed by atoms with van der Waals surface area (Å²) in [6, 6.07) is 12.8. The van der Waals surface area contributed by atoms with Crippen LogP contribution in [0.15, 0.2) is 48.0 Å². The first-order valence-electron chi connectivity index (χ1n) is 10.7. The molecule has 0 spiro atoms. The maximum Gasteiger partial charge on any atom is 0.0488 e. The minimum atomic E-state index is 0.650. The summed E-state index contributed by atoms with van der Waals surface area (Å²) in [6.07, 6.45) is 11.7. The molecular weight excluding hydrogens is 326 g/mol. The van der Waals surface area contributed by atoms with Crippen LogP contribution in [-0.2, 0) is 0 Å². The molecule has 1 fully saturated rings. The Morgan fingerprint density at radius 1 is 1.11 bits per heavy atom. The summed E-state index contributed by atoms with van der Waals surface area (Å²) in [7, 11) is 0. The topological polar surface area (TPSA) is 15.8 Å². The Bertz CT molecular complexity index is 859. The summed E-state index contributed by atoms with van der Waals surface area (Å²) in [5.41, 5.74) is 5.38. The third kappa shape index (κ3) is 5.25. The highest BCUT2D eigenvalue weighted by Gasteiger charge is 2.17. The van der Waals surface area contributed by atoms with Crippen LogP contribution < -0.4 is 10.6 Å². The van der Waals surface area contributed by atoms with Crippen LogP contribution >= 0.6 is 0 Å². The van der Waals surface area contributed by atoms with Gasteiger partial charge in [-0.15, -0.1) is 0 Å². The minimum absolute atomic E-state index is 0.650. The molecule has 1 heteroatoms. The van der Waals surface area contributed by atoms with Crippen LogP contribution in [-0.4, -0.2) is 4.98 Å². The van der Waals surface area contributed by atoms with Crippen molar-refractivity contribution in [3.05, 3.63) is 58.6 Å². The number of hydrogen-bond donors (Lipinski definition) is 1. The van der Waals surface area contributed by atoms with Crippen molar-refractivity contribution in [2.24, 2.45) is 11.8 Å². The van der Waals surface area contributed by atoms with Gasteiger partial charge in [-0.25, -0.2) is 0 Å². The lowest BCUT2D eigenvalue weighted by Gasteiger charge is -2.17. The highest BCUT2D eigenvalue weighted by molar-refractivity contribution is 5.64. The lowest BCUT2D eigenvalue weighted by atomic mass is 9.88. The third-order valence-corrected chi connectivity index (χ3v) is 5.70. The van der Waals surface area contributed by atoms with E-state index in [2.05, 4.69) is 74.8 Å². The second-order valence-corrected chi connectivity index (χ2v) is 8.68. The van der Waals surface area contributed by atoms with Crippen LogP contribution in [0.2, 0.25) is 0 Å². The Morgan fingerprint density at radius 2 is 1.78 bits per heavy atom. The standard InChI is InChI=1S/C26H35N/c1-19(2)16-20(3)17-24(22-12-8-5-6-9-13-22)26-21(4)18-25(27-26)23-14-10-7-11-15-23/h7,10-11,14-15,17-19,22,27H,4-6,8-9,12-13,16H2,1-3H3/b20-17+,26-24-. The van der Waals surface area contributed by atoms with Gasteiger partial charge in [0.1, 0.15) is 0 Å². The molecule has 0 atom stereocenters. The number of hydrogen-bond acceptors (Lipinski definition) is 0. The Morgan fingerprint density at radius 3 is 2.41 bits per heavy atom. The van der Waals surface area contributed by atoms with E-state index in [0.717, 1.165) is 11.6 Å². The minimum Gasteiger partial charge on any atom is -0.354 e. The molecule has 0 radical (unpaired) electrons. The first kappa shape index (κ1) is 19.7. The molecule has 1 aromatic heterocycles. The molecule has 1 aliphatic rings. The molecule has 1 heterocycles. The second-order valence-electron chi connectivity index (χ2n) is 8.68. The molecular formula is C26H35N. The van der Waals surface area contributed by atoms with Gasteiger partial charge >= 0.3 is 0 Å². The van der Waals surface area contributed by atoms with Crippen LogP contribution in [0, 0.1) is 11.8 Å². The summed E-state index contributed by atoms with van der Waals surface area (Å²) in [4.78, 5) is 3.73. The molecule has 0 saturated heterocycles. The van der Waals surface area contributed by atoms with Gasteiger partial charge in [-0.1, -0.05) is 88.1 Å². The molecule has 0 aliphatic heterocycles. The highest BCUT2D eigenvalue weighted by atomic mass is 14.7. The maximum atomic E-state index is 4.39. The predicted octanol–water partition coefficient (Wildman–Crippen LogP) is 6.21. The van der Waals surface area contributed by atoms with Crippen molar-refractivity contribution in [2.75, 3.05) is 0 Å². The average molecular weight is 362 g/mol. The highest BCUT2D eigenvalue weighted by Crippen LogP contribution is 2.31. The monoisotopic (exact) mass is 361 g/mol. The summed E-state index contributed by atoms with van der Waals surface area (Å²) < 4.78 is 0. The van der Waals surface area contributed by atoms with Crippen molar-refractivity contribution in [3.63, 3.8) is 0 Å². The van der Waals surface area contributed by atoms with E-state index in [1.807, 2.05) is 0 Å². The summed E-state index contributed by atoms with van der Waals surface area (Å²) in [5, 5.41) is 2.38. The predicted molar refractivity (Wildman–Crippen MR) is 119 cm³/mol. The smallest absolute Gasteiger partial charge is 0.0488 e. The Hall–Kier alpha value is -2.02. The van der Waals surface area contributed by atoms with Gasteiger partial charge in [-0.3, -0.25) is 0 Å². The van der Waals surface area contributed by atoms with Gasteiger partial charge in [0.25, 0.3) is 0 Å². The van der Waals surface area contributed by atoms with Crippen molar-refractivity contribution in [1.29, 1.82) is 0 Å². The van der Waals surface area contributed by atoms with Gasteiger partial charge in [0, 0.05) is 11.0 Å². The molecule has 3 rings (SSSR count). The van der Waals surface area contributed by atoms with Crippen LogP contribution in [0.1, 0.15) is 65.7 Å². The molecule has 1 saturated carbocycles. The molecule has 0 amide bonds. The van der Waals surface area contributed by atoms with E-state index in [1.165, 1.54) is 66.3 Å². The van der Waals surface area contributed by atoms with Crippen LogP contribution in [0.25, 0.3) is 23.4 Å². The fourth-order valence-corrected chi connectivity index (χ4v) is 4.48. The van der Waals surface area contributed by atoms with Crippen molar-refractivity contribution in [2.45, 2.75) is 65.7 Å². The molecule has 27 heavy (non-hydrogen) atoms. The number of aromatic nitrogens is 1. The molecule has 0 bridgehead atoms. The van der Waals surface area contributed by atoms with E-state index >= 15 is 0 Å². The zero-order valence-electron chi connectivity index (χ0n) is 17.4. The molecule has 1 nitrogen and oxygen atoms in total. The first-order chi connectivity index (χ1) is 13.0. The van der Waals surface area contributed by atoms with Gasteiger partial charge < -0.3 is 4.98 Å². The van der Waals surface area contributed by atoms with Crippen LogP contribution in [0.5, 0.6) is 0 Å². The van der Waals surface area contributed by atoms with E-state index in [1.54, 1.807) is 0 Å². The second kappa shape index (κ2) is 9.26. The van der Waals surface area contributed by atoms with E-state index in [9.17, 15) is 0 Å². The Kier molecular flexibility index (Phi) is 6.77. The number of nitrogens with one attached hydrogen (secondary N) is 1. The average Bonchev–Trinajstić information content (AvgIpc) is 2.84. The van der Waals surface area contributed by atoms with Gasteiger partial charge in [-0.2, -0.15) is 0 Å². The van der Waals surface area contributed by atoms with E-state index in [0.29, 0.717) is 11.8 Å². The van der Waals surface area contributed by atoms with E-state index in [4.69, 9.17) is 0 Å². The van der Waals surface area contributed by atoms with Gasteiger partial charge in [0.05, 0.1) is 0 Å². The lowest BCUT2D eigenvalue weighted by Crippen LogP contribution is -2.26. The van der Waals surface area contributed by atoms with E-state index in [-0.39, 0.29) is 0 Å². The zero-order chi connectivity index (χ0) is 19.2. The van der Waals surface area contributed by atoms with Crippen molar-refractivity contribution in [3.8, 4) is 11.3 Å². The fraction of sp³-hybridized carbons (Fsp3) is 0.462. The number of allylic oxidation sites excluding steroid dienone is 2. The van der Waals surface area contributed by atoms with Gasteiger partial charge in [0.15, 0.2) is 0 Å². The Labute approximate surface area is 164 Å². The Balaban J connectivity index is 2.11. The normalized spacial score (nSPS) is 17.9. The number of H-pyrrole nitrogens is 1. The van der Waals surface area contributed by atoms with E-state index < -0.39 is 0 Å². The molecule has 0 unspecified atom stereocenters. The van der Waals surface area contributed by atoms with Gasteiger partial charge in [-0.05, 0) is 60.4 Å². The zero-order valence-corrected chi connectivity index (χ0v) is 17.4. The summed E-state index contributed by atoms with van der Waals surface area (Å²) in [6.45, 7) is 11.3. The summed E-state index contributed by atoms with van der Waals surface area (Å²) >= 11 is 0. The number of rotatable bonds is 5. The quantitative estimate of drug-likeness (QED) is 0.610. The van der Waals surface area contributed by atoms with Crippen LogP contribution in [0.3, 0.4) is 0 Å². The SMILES string of the molecule is C=c1cc(-c2ccccc2)[nH]/c1=C(/C=C(\C)CC(C)C)C1CCCCCC1. The molecule has 144 valence electrons. The largest absolute Gasteiger partial charge is 0.354 e. The molecule has 1 aliphatic carbocycles. The third-order valence-electron chi connectivity index (χ3n) is 5.70. The molecule has 2 aromatic rings. The number of benzene rings is 1. The maximum absolute atomic E-state index is 4.39. The summed E-state index contributed by atoms with van der Waals surface area (Å²) in [5.74, 6) is 1.34. The fourth-order valence-electron chi connectivity index (χ4n) is 4.48. The molecule has 1 N–H and O–H groups in total. The lowest BCUT2D eigenvalue weighted by molar-refractivity contribution is 0.572. The van der Waals surface area contributed by atoms with Crippen molar-refractivity contribution < 1.29 is 0 Å². The van der Waals surface area contributed by atoms with Crippen molar-refractivity contribution in [1.82, 2.24) is 4.98 Å². The van der Waals surface area contributed by atoms with Gasteiger partial charge in [0.2, 0.25) is 0 Å². The first-order valence-corrected chi connectivity index (χ1v) is 10.7.